The monoisotopic (exact) mass is 334 g/mol. The molecule has 0 fully saturated rings. The lowest BCUT2D eigenvalue weighted by molar-refractivity contribution is -0.127. The molecule has 122 valence electrons. The van der Waals surface area contributed by atoms with E-state index in [1.54, 1.807) is 32.4 Å². The number of pyridine rings is 1. The molecule has 0 atom stereocenters. The normalized spacial score (nSPS) is 10.4. The van der Waals surface area contributed by atoms with Crippen LogP contribution in [-0.4, -0.2) is 47.5 Å². The van der Waals surface area contributed by atoms with Crippen LogP contribution in [0.1, 0.15) is 21.8 Å². The molecule has 0 spiro atoms. The second kappa shape index (κ2) is 7.77. The van der Waals surface area contributed by atoms with Gasteiger partial charge in [-0.05, 0) is 19.1 Å². The van der Waals surface area contributed by atoms with Gasteiger partial charge in [-0.15, -0.1) is 0 Å². The van der Waals surface area contributed by atoms with Crippen molar-refractivity contribution >= 4 is 23.6 Å². The number of aryl methyl sites for hydroxylation is 1. The van der Waals surface area contributed by atoms with E-state index in [2.05, 4.69) is 15.5 Å². The molecule has 0 aromatic carbocycles. The molecule has 23 heavy (non-hydrogen) atoms. The molecule has 2 rings (SSSR count). The minimum atomic E-state index is -0.327. The first-order valence-corrected chi connectivity index (χ1v) is 7.94. The third-order valence-corrected chi connectivity index (χ3v) is 3.99. The third-order valence-electron chi connectivity index (χ3n) is 2.95. The van der Waals surface area contributed by atoms with E-state index in [4.69, 9.17) is 4.52 Å². The van der Waals surface area contributed by atoms with Crippen LogP contribution in [0.15, 0.2) is 33.9 Å². The Balaban J connectivity index is 2.01. The lowest BCUT2D eigenvalue weighted by atomic mass is 10.2. The molecule has 0 saturated heterocycles. The molecule has 0 aliphatic heterocycles. The molecule has 2 aromatic heterocycles. The molecule has 2 aromatic rings. The Morgan fingerprint density at radius 1 is 1.39 bits per heavy atom. The van der Waals surface area contributed by atoms with E-state index in [0.29, 0.717) is 16.3 Å². The fourth-order valence-electron chi connectivity index (χ4n) is 1.72. The zero-order chi connectivity index (χ0) is 16.8. The van der Waals surface area contributed by atoms with Gasteiger partial charge in [0.25, 0.3) is 5.91 Å². The van der Waals surface area contributed by atoms with Crippen LogP contribution < -0.4 is 5.32 Å². The number of hydrogen-bond acceptors (Lipinski definition) is 6. The van der Waals surface area contributed by atoms with E-state index in [0.717, 1.165) is 11.5 Å². The highest BCUT2D eigenvalue weighted by molar-refractivity contribution is 7.98. The van der Waals surface area contributed by atoms with Crippen LogP contribution in [0, 0.1) is 6.92 Å². The zero-order valence-corrected chi connectivity index (χ0v) is 14.0. The van der Waals surface area contributed by atoms with Gasteiger partial charge >= 0.3 is 0 Å². The van der Waals surface area contributed by atoms with Gasteiger partial charge in [-0.2, -0.15) is 0 Å². The van der Waals surface area contributed by atoms with Crippen LogP contribution >= 0.6 is 11.8 Å². The number of amides is 2. The van der Waals surface area contributed by atoms with Crippen molar-refractivity contribution in [3.8, 4) is 0 Å². The summed E-state index contributed by atoms with van der Waals surface area (Å²) in [5.41, 5.74) is 1.22. The van der Waals surface area contributed by atoms with Crippen LogP contribution in [0.3, 0.4) is 0 Å². The summed E-state index contributed by atoms with van der Waals surface area (Å²) in [6, 6.07) is 5.21. The summed E-state index contributed by atoms with van der Waals surface area (Å²) in [5.74, 6) is 0.786. The van der Waals surface area contributed by atoms with Gasteiger partial charge in [-0.3, -0.25) is 9.59 Å². The number of carbonyl (C=O) groups excluding carboxylic acids is 2. The van der Waals surface area contributed by atoms with Crippen LogP contribution in [0.4, 0.5) is 0 Å². The van der Waals surface area contributed by atoms with E-state index >= 15 is 0 Å². The predicted octanol–water partition coefficient (Wildman–Crippen LogP) is 1.49. The fourth-order valence-corrected chi connectivity index (χ4v) is 2.59. The maximum atomic E-state index is 12.2. The number of carbonyl (C=O) groups is 2. The predicted molar refractivity (Wildman–Crippen MR) is 86.1 cm³/mol. The molecule has 0 unspecified atom stereocenters. The summed E-state index contributed by atoms with van der Waals surface area (Å²) in [7, 11) is 3.28. The van der Waals surface area contributed by atoms with Crippen LogP contribution in [-0.2, 0) is 10.5 Å². The number of thioether (sulfide) groups is 1. The minimum Gasteiger partial charge on any atom is -0.361 e. The van der Waals surface area contributed by atoms with Crippen molar-refractivity contribution < 1.29 is 14.1 Å². The second-order valence-corrected chi connectivity index (χ2v) is 6.01. The summed E-state index contributed by atoms with van der Waals surface area (Å²) in [4.78, 5) is 29.4. The van der Waals surface area contributed by atoms with Crippen molar-refractivity contribution in [2.75, 3.05) is 20.6 Å². The number of likely N-dealkylation sites (N-methyl/N-ethyl adjacent to an activating group) is 1. The quantitative estimate of drug-likeness (QED) is 0.805. The molecule has 0 radical (unpaired) electrons. The highest BCUT2D eigenvalue weighted by Crippen LogP contribution is 2.24. The fraction of sp³-hybridized carbons (Fsp3) is 0.333. The maximum Gasteiger partial charge on any atom is 0.254 e. The van der Waals surface area contributed by atoms with Gasteiger partial charge < -0.3 is 14.7 Å². The van der Waals surface area contributed by atoms with Crippen LogP contribution in [0.2, 0.25) is 0 Å². The highest BCUT2D eigenvalue weighted by Gasteiger charge is 2.15. The van der Waals surface area contributed by atoms with Gasteiger partial charge in [0.15, 0.2) is 0 Å². The Kier molecular flexibility index (Phi) is 5.75. The number of hydrogen-bond donors (Lipinski definition) is 1. The van der Waals surface area contributed by atoms with Gasteiger partial charge in [0.05, 0.1) is 17.8 Å². The maximum absolute atomic E-state index is 12.2. The summed E-state index contributed by atoms with van der Waals surface area (Å²) >= 11 is 1.39. The molecule has 0 saturated carbocycles. The largest absolute Gasteiger partial charge is 0.361 e. The smallest absolute Gasteiger partial charge is 0.254 e. The SMILES string of the molecule is Cc1cc(CSc2ncccc2C(=O)NCC(=O)N(C)C)no1. The van der Waals surface area contributed by atoms with Crippen LogP contribution in [0.25, 0.3) is 0 Å². The van der Waals surface area contributed by atoms with Crippen molar-refractivity contribution in [2.45, 2.75) is 17.7 Å². The first kappa shape index (κ1) is 17.0. The Hall–Kier alpha value is -2.35. The molecule has 0 aliphatic rings. The molecule has 8 heteroatoms. The summed E-state index contributed by atoms with van der Waals surface area (Å²) in [5, 5.41) is 7.10. The summed E-state index contributed by atoms with van der Waals surface area (Å²) in [6.07, 6.45) is 1.62. The molecule has 0 bridgehead atoms. The molecular formula is C15H18N4O3S. The topological polar surface area (TPSA) is 88.3 Å². The Morgan fingerprint density at radius 3 is 2.83 bits per heavy atom. The van der Waals surface area contributed by atoms with Gasteiger partial charge in [-0.25, -0.2) is 4.98 Å². The highest BCUT2D eigenvalue weighted by atomic mass is 32.2. The van der Waals surface area contributed by atoms with Crippen molar-refractivity contribution in [2.24, 2.45) is 0 Å². The Bertz CT molecular complexity index is 700. The van der Waals surface area contributed by atoms with Crippen molar-refractivity contribution in [1.29, 1.82) is 0 Å². The average molecular weight is 334 g/mol. The van der Waals surface area contributed by atoms with Gasteiger partial charge in [0.2, 0.25) is 5.91 Å². The van der Waals surface area contributed by atoms with Crippen molar-refractivity contribution in [3.05, 3.63) is 41.4 Å². The van der Waals surface area contributed by atoms with Crippen molar-refractivity contribution in [3.63, 3.8) is 0 Å². The van der Waals surface area contributed by atoms with E-state index in [1.807, 2.05) is 13.0 Å². The standard InChI is InChI=1S/C15H18N4O3S/c1-10-7-11(18-22-10)9-23-15-12(5-4-6-16-15)14(21)17-8-13(20)19(2)3/h4-7H,8-9H2,1-3H3,(H,17,21). The first-order valence-electron chi connectivity index (χ1n) is 6.95. The molecule has 7 nitrogen and oxygen atoms in total. The van der Waals surface area contributed by atoms with E-state index < -0.39 is 0 Å². The van der Waals surface area contributed by atoms with E-state index in [1.165, 1.54) is 16.7 Å². The average Bonchev–Trinajstić information content (AvgIpc) is 2.96. The summed E-state index contributed by atoms with van der Waals surface area (Å²) in [6.45, 7) is 1.77. The van der Waals surface area contributed by atoms with E-state index in [-0.39, 0.29) is 18.4 Å². The number of nitrogens with zero attached hydrogens (tertiary/aromatic N) is 3. The lowest BCUT2D eigenvalue weighted by Crippen LogP contribution is -2.36. The van der Waals surface area contributed by atoms with Gasteiger partial charge in [0.1, 0.15) is 10.8 Å². The molecular weight excluding hydrogens is 316 g/mol. The second-order valence-electron chi connectivity index (χ2n) is 5.04. The van der Waals surface area contributed by atoms with Crippen molar-refractivity contribution in [1.82, 2.24) is 20.4 Å². The van der Waals surface area contributed by atoms with E-state index in [9.17, 15) is 9.59 Å². The molecule has 0 aliphatic carbocycles. The number of rotatable bonds is 6. The lowest BCUT2D eigenvalue weighted by Gasteiger charge is -2.12. The summed E-state index contributed by atoms with van der Waals surface area (Å²) < 4.78 is 5.01. The molecule has 2 amide bonds. The Labute approximate surface area is 138 Å². The van der Waals surface area contributed by atoms with Crippen LogP contribution in [0.5, 0.6) is 0 Å². The number of nitrogens with one attached hydrogen (secondary N) is 1. The Morgan fingerprint density at radius 2 is 2.17 bits per heavy atom. The third kappa shape index (κ3) is 4.82. The number of aromatic nitrogens is 2. The molecule has 2 heterocycles. The van der Waals surface area contributed by atoms with Gasteiger partial charge in [-0.1, -0.05) is 16.9 Å². The molecule has 1 N–H and O–H groups in total. The zero-order valence-electron chi connectivity index (χ0n) is 13.2. The first-order chi connectivity index (χ1) is 11.0. The van der Waals surface area contributed by atoms with Gasteiger partial charge in [0, 0.05) is 32.1 Å². The minimum absolute atomic E-state index is 0.0483.